The number of aromatic nitrogens is 2. The number of imidazole rings is 1. The van der Waals surface area contributed by atoms with Gasteiger partial charge in [-0.15, -0.1) is 0 Å². The van der Waals surface area contributed by atoms with Gasteiger partial charge in [-0.2, -0.15) is 13.2 Å². The Balaban J connectivity index is 3.24. The molecule has 0 fully saturated rings. The highest BCUT2D eigenvalue weighted by Gasteiger charge is 2.48. The molecular formula is C4H2ClF3N2O2S. The molecule has 0 atom stereocenters. The number of hydrogen-bond acceptors (Lipinski definition) is 3. The second-order valence-electron chi connectivity index (χ2n) is 1.99. The molecule has 0 saturated carbocycles. The van der Waals surface area contributed by atoms with Crippen molar-refractivity contribution in [3.63, 3.8) is 0 Å². The van der Waals surface area contributed by atoms with E-state index in [2.05, 4.69) is 4.98 Å². The summed E-state index contributed by atoms with van der Waals surface area (Å²) < 4.78 is 56.8. The topological polar surface area (TPSA) is 62.8 Å². The summed E-state index contributed by atoms with van der Waals surface area (Å²) in [4.78, 5) is 4.90. The number of H-pyrrole nitrogens is 1. The van der Waals surface area contributed by atoms with E-state index in [9.17, 15) is 21.6 Å². The van der Waals surface area contributed by atoms with Crippen molar-refractivity contribution >= 4 is 21.4 Å². The molecule has 0 aliphatic heterocycles. The van der Waals surface area contributed by atoms with Crippen molar-refractivity contribution in [1.82, 2.24) is 9.97 Å². The first-order valence-electron chi connectivity index (χ1n) is 2.77. The lowest BCUT2D eigenvalue weighted by molar-refractivity contribution is -0.0437. The third-order valence-electron chi connectivity index (χ3n) is 1.12. The highest BCUT2D eigenvalue weighted by atomic mass is 35.5. The van der Waals surface area contributed by atoms with E-state index in [1.54, 1.807) is 4.98 Å². The normalized spacial score (nSPS) is 13.2. The predicted molar refractivity (Wildman–Crippen MR) is 36.8 cm³/mol. The van der Waals surface area contributed by atoms with Crippen molar-refractivity contribution in [2.75, 3.05) is 0 Å². The molecule has 0 radical (unpaired) electrons. The zero-order chi connectivity index (χ0) is 10.3. The number of rotatable bonds is 1. The third-order valence-corrected chi connectivity index (χ3v) is 2.70. The fraction of sp³-hybridized carbons (Fsp3) is 0.250. The molecule has 1 aromatic rings. The van der Waals surface area contributed by atoms with Gasteiger partial charge in [0.15, 0.2) is 5.03 Å². The van der Waals surface area contributed by atoms with Gasteiger partial charge in [-0.25, -0.2) is 13.4 Å². The van der Waals surface area contributed by atoms with Crippen LogP contribution >= 0.6 is 11.6 Å². The number of aromatic amines is 1. The number of sulfone groups is 1. The minimum absolute atomic E-state index is 0.414. The summed E-state index contributed by atoms with van der Waals surface area (Å²) in [5, 5.41) is -1.48. The standard InChI is InChI=1S/C4H2ClF3N2O2S/c5-3-9-1-2(10-3)13(11,12)4(6,7)8/h1H,(H,9,10). The van der Waals surface area contributed by atoms with Crippen LogP contribution in [-0.4, -0.2) is 23.9 Å². The maximum absolute atomic E-state index is 11.8. The lowest BCUT2D eigenvalue weighted by Gasteiger charge is -2.04. The van der Waals surface area contributed by atoms with E-state index in [4.69, 9.17) is 11.6 Å². The van der Waals surface area contributed by atoms with Crippen molar-refractivity contribution in [2.45, 2.75) is 10.5 Å². The largest absolute Gasteiger partial charge is 0.503 e. The Morgan fingerprint density at radius 1 is 1.46 bits per heavy atom. The molecule has 0 aliphatic rings. The van der Waals surface area contributed by atoms with Gasteiger partial charge in [-0.05, 0) is 11.6 Å². The minimum atomic E-state index is -5.36. The lowest BCUT2D eigenvalue weighted by atomic mass is 11.0. The van der Waals surface area contributed by atoms with E-state index in [0.29, 0.717) is 6.20 Å². The number of alkyl halides is 3. The molecule has 0 aromatic carbocycles. The van der Waals surface area contributed by atoms with Gasteiger partial charge in [0.25, 0.3) is 9.84 Å². The molecule has 1 N–H and O–H groups in total. The summed E-state index contributed by atoms with van der Waals surface area (Å²) in [5.41, 5.74) is -5.34. The molecule has 13 heavy (non-hydrogen) atoms. The molecule has 1 heterocycles. The van der Waals surface area contributed by atoms with Crippen molar-refractivity contribution < 1.29 is 21.6 Å². The van der Waals surface area contributed by atoms with Gasteiger partial charge in [0.1, 0.15) is 0 Å². The SMILES string of the molecule is O=S(=O)(c1cnc(Cl)[nH]1)C(F)(F)F. The lowest BCUT2D eigenvalue weighted by Crippen LogP contribution is -2.23. The molecule has 0 saturated heterocycles. The molecule has 0 bridgehead atoms. The minimum Gasteiger partial charge on any atom is -0.319 e. The van der Waals surface area contributed by atoms with E-state index in [1.807, 2.05) is 0 Å². The first-order valence-corrected chi connectivity index (χ1v) is 4.63. The highest BCUT2D eigenvalue weighted by Crippen LogP contribution is 2.29. The van der Waals surface area contributed by atoms with Crippen LogP contribution in [0.4, 0.5) is 13.2 Å². The van der Waals surface area contributed by atoms with Gasteiger partial charge in [0.2, 0.25) is 5.28 Å². The molecule has 0 amide bonds. The van der Waals surface area contributed by atoms with Crippen LogP contribution in [0.1, 0.15) is 0 Å². The van der Waals surface area contributed by atoms with Crippen LogP contribution in [0.3, 0.4) is 0 Å². The highest BCUT2D eigenvalue weighted by molar-refractivity contribution is 7.92. The summed E-state index contributed by atoms with van der Waals surface area (Å²) in [6.07, 6.45) is 0.505. The van der Waals surface area contributed by atoms with Crippen LogP contribution in [0.2, 0.25) is 5.28 Å². The van der Waals surface area contributed by atoms with Crippen molar-refractivity contribution in [2.24, 2.45) is 0 Å². The zero-order valence-corrected chi connectivity index (χ0v) is 7.33. The van der Waals surface area contributed by atoms with Gasteiger partial charge < -0.3 is 4.98 Å². The Hall–Kier alpha value is -0.760. The average Bonchev–Trinajstić information content (AvgIpc) is 2.33. The van der Waals surface area contributed by atoms with Crippen molar-refractivity contribution in [3.05, 3.63) is 11.5 Å². The summed E-state index contributed by atoms with van der Waals surface area (Å²) in [5.74, 6) is 0. The molecule has 74 valence electrons. The zero-order valence-electron chi connectivity index (χ0n) is 5.76. The molecule has 0 unspecified atom stereocenters. The number of nitrogens with one attached hydrogen (secondary N) is 1. The van der Waals surface area contributed by atoms with E-state index in [0.717, 1.165) is 0 Å². The van der Waals surface area contributed by atoms with E-state index in [1.165, 1.54) is 0 Å². The third kappa shape index (κ3) is 1.78. The van der Waals surface area contributed by atoms with Gasteiger partial charge in [0, 0.05) is 0 Å². The van der Waals surface area contributed by atoms with Gasteiger partial charge in [-0.1, -0.05) is 0 Å². The van der Waals surface area contributed by atoms with Crippen LogP contribution in [0.15, 0.2) is 11.2 Å². The molecule has 1 rings (SSSR count). The Morgan fingerprint density at radius 2 is 2.00 bits per heavy atom. The Kier molecular flexibility index (Phi) is 2.28. The molecule has 0 aliphatic carbocycles. The van der Waals surface area contributed by atoms with Crippen LogP contribution in [0, 0.1) is 0 Å². The maximum Gasteiger partial charge on any atom is 0.503 e. The van der Waals surface area contributed by atoms with Crippen molar-refractivity contribution in [3.8, 4) is 0 Å². The first-order chi connectivity index (χ1) is 5.75. The maximum atomic E-state index is 11.8. The molecule has 9 heteroatoms. The summed E-state index contributed by atoms with van der Waals surface area (Å²) in [6, 6.07) is 0. The van der Waals surface area contributed by atoms with Gasteiger partial charge in [0.05, 0.1) is 6.20 Å². The average molecular weight is 235 g/mol. The number of nitrogens with zero attached hydrogens (tertiary/aromatic N) is 1. The quantitative estimate of drug-likeness (QED) is 0.798. The number of halogens is 4. The summed E-state index contributed by atoms with van der Waals surface area (Å²) >= 11 is 5.12. The Labute approximate surface area is 75.7 Å². The van der Waals surface area contributed by atoms with Crippen LogP contribution in [0.5, 0.6) is 0 Å². The predicted octanol–water partition coefficient (Wildman–Crippen LogP) is 1.36. The van der Waals surface area contributed by atoms with Crippen LogP contribution in [0.25, 0.3) is 0 Å². The van der Waals surface area contributed by atoms with Gasteiger partial charge >= 0.3 is 5.51 Å². The number of hydrogen-bond donors (Lipinski definition) is 1. The smallest absolute Gasteiger partial charge is 0.319 e. The van der Waals surface area contributed by atoms with Gasteiger partial charge in [-0.3, -0.25) is 0 Å². The fourth-order valence-electron chi connectivity index (χ4n) is 0.543. The second kappa shape index (κ2) is 2.88. The molecular weight excluding hydrogens is 233 g/mol. The summed E-state index contributed by atoms with van der Waals surface area (Å²) in [7, 11) is -5.36. The Bertz CT molecular complexity index is 409. The van der Waals surface area contributed by atoms with E-state index in [-0.39, 0.29) is 0 Å². The second-order valence-corrected chi connectivity index (χ2v) is 4.26. The van der Waals surface area contributed by atoms with Crippen molar-refractivity contribution in [1.29, 1.82) is 0 Å². The fourth-order valence-corrected chi connectivity index (χ4v) is 1.42. The molecule has 0 spiro atoms. The van der Waals surface area contributed by atoms with E-state index < -0.39 is 25.7 Å². The Morgan fingerprint density at radius 3 is 2.31 bits per heavy atom. The van der Waals surface area contributed by atoms with Crippen LogP contribution in [-0.2, 0) is 9.84 Å². The monoisotopic (exact) mass is 234 g/mol. The molecule has 1 aromatic heterocycles. The van der Waals surface area contributed by atoms with E-state index >= 15 is 0 Å². The summed E-state index contributed by atoms with van der Waals surface area (Å²) in [6.45, 7) is 0. The van der Waals surface area contributed by atoms with Crippen LogP contribution < -0.4 is 0 Å². The first kappa shape index (κ1) is 10.3. The molecule has 4 nitrogen and oxygen atoms in total.